The van der Waals surface area contributed by atoms with Crippen molar-refractivity contribution in [3.05, 3.63) is 59.3 Å². The third-order valence-corrected chi connectivity index (χ3v) is 6.20. The van der Waals surface area contributed by atoms with Crippen molar-refractivity contribution in [2.75, 3.05) is 30.5 Å². The van der Waals surface area contributed by atoms with E-state index in [4.69, 9.17) is 4.98 Å². The third kappa shape index (κ3) is 3.22. The molecule has 0 saturated carbocycles. The molecular formula is C24H30N4. The number of fused-ring (bicyclic) bond motifs is 1. The molecule has 1 fully saturated rings. The maximum absolute atomic E-state index is 4.81. The van der Waals surface area contributed by atoms with E-state index < -0.39 is 0 Å². The smallest absolute Gasteiger partial charge is 0.0755 e. The molecule has 28 heavy (non-hydrogen) atoms. The predicted molar refractivity (Wildman–Crippen MR) is 120 cm³/mol. The Morgan fingerprint density at radius 3 is 2.36 bits per heavy atom. The SMILES string of the molecule is Cc1nc2c(C)cccc2c(Nc2ccc(N3CN(C)C(C)(C)C3)cc2)c1C. The molecule has 2 heterocycles. The molecule has 4 nitrogen and oxygen atoms in total. The first kappa shape index (κ1) is 18.8. The van der Waals surface area contributed by atoms with Crippen LogP contribution in [0.3, 0.4) is 0 Å². The molecule has 1 N–H and O–H groups in total. The highest BCUT2D eigenvalue weighted by atomic mass is 15.4. The molecule has 0 amide bonds. The van der Waals surface area contributed by atoms with Crippen molar-refractivity contribution in [1.82, 2.24) is 9.88 Å². The monoisotopic (exact) mass is 374 g/mol. The van der Waals surface area contributed by atoms with E-state index in [0.29, 0.717) is 0 Å². The van der Waals surface area contributed by atoms with Crippen molar-refractivity contribution in [2.45, 2.75) is 40.2 Å². The molecule has 0 unspecified atom stereocenters. The molecule has 4 rings (SSSR count). The minimum atomic E-state index is 0.208. The van der Waals surface area contributed by atoms with Crippen LogP contribution in [0, 0.1) is 20.8 Å². The summed E-state index contributed by atoms with van der Waals surface area (Å²) < 4.78 is 0. The average molecular weight is 375 g/mol. The van der Waals surface area contributed by atoms with Crippen LogP contribution in [0.4, 0.5) is 17.1 Å². The lowest BCUT2D eigenvalue weighted by molar-refractivity contribution is 0.229. The first-order chi connectivity index (χ1) is 13.3. The summed E-state index contributed by atoms with van der Waals surface area (Å²) in [5, 5.41) is 4.83. The Kier molecular flexibility index (Phi) is 4.54. The van der Waals surface area contributed by atoms with Crippen LogP contribution < -0.4 is 10.2 Å². The van der Waals surface area contributed by atoms with E-state index in [2.05, 4.69) is 99.2 Å². The van der Waals surface area contributed by atoms with E-state index in [1.54, 1.807) is 0 Å². The second kappa shape index (κ2) is 6.78. The number of aromatic nitrogens is 1. The summed E-state index contributed by atoms with van der Waals surface area (Å²) in [7, 11) is 2.19. The van der Waals surface area contributed by atoms with Gasteiger partial charge in [0.05, 0.1) is 17.9 Å². The normalized spacial score (nSPS) is 16.7. The molecule has 0 bridgehead atoms. The van der Waals surface area contributed by atoms with Crippen LogP contribution in [-0.2, 0) is 0 Å². The predicted octanol–water partition coefficient (Wildman–Crippen LogP) is 5.39. The molecule has 0 radical (unpaired) electrons. The number of aryl methyl sites for hydroxylation is 2. The number of rotatable bonds is 3. The van der Waals surface area contributed by atoms with Gasteiger partial charge in [-0.25, -0.2) is 0 Å². The Hall–Kier alpha value is -2.59. The van der Waals surface area contributed by atoms with Gasteiger partial charge in [0.15, 0.2) is 0 Å². The molecule has 4 heteroatoms. The van der Waals surface area contributed by atoms with E-state index in [0.717, 1.165) is 35.8 Å². The highest BCUT2D eigenvalue weighted by Crippen LogP contribution is 2.33. The maximum Gasteiger partial charge on any atom is 0.0755 e. The zero-order valence-corrected chi connectivity index (χ0v) is 17.8. The largest absolute Gasteiger partial charge is 0.357 e. The minimum Gasteiger partial charge on any atom is -0.357 e. The van der Waals surface area contributed by atoms with Gasteiger partial charge >= 0.3 is 0 Å². The first-order valence-corrected chi connectivity index (χ1v) is 9.96. The van der Waals surface area contributed by atoms with Crippen LogP contribution in [0.5, 0.6) is 0 Å². The van der Waals surface area contributed by atoms with Gasteiger partial charge < -0.3 is 10.2 Å². The van der Waals surface area contributed by atoms with E-state index in [9.17, 15) is 0 Å². The quantitative estimate of drug-likeness (QED) is 0.666. The number of hydrogen-bond donors (Lipinski definition) is 1. The molecule has 1 aliphatic heterocycles. The Morgan fingerprint density at radius 1 is 1.00 bits per heavy atom. The Balaban J connectivity index is 1.64. The fraction of sp³-hybridized carbons (Fsp3) is 0.375. The van der Waals surface area contributed by atoms with Gasteiger partial charge in [-0.1, -0.05) is 18.2 Å². The highest BCUT2D eigenvalue weighted by molar-refractivity contribution is 5.96. The van der Waals surface area contributed by atoms with Crippen LogP contribution >= 0.6 is 0 Å². The summed E-state index contributed by atoms with van der Waals surface area (Å²) in [6.07, 6.45) is 0. The number of benzene rings is 2. The van der Waals surface area contributed by atoms with Gasteiger partial charge in [-0.15, -0.1) is 0 Å². The average Bonchev–Trinajstić information content (AvgIpc) is 2.93. The topological polar surface area (TPSA) is 31.4 Å². The summed E-state index contributed by atoms with van der Waals surface area (Å²) in [5.74, 6) is 0. The highest BCUT2D eigenvalue weighted by Gasteiger charge is 2.34. The lowest BCUT2D eigenvalue weighted by atomic mass is 10.0. The third-order valence-electron chi connectivity index (χ3n) is 6.20. The van der Waals surface area contributed by atoms with Crippen molar-refractivity contribution in [3.63, 3.8) is 0 Å². The number of pyridine rings is 1. The summed E-state index contributed by atoms with van der Waals surface area (Å²) in [6, 6.07) is 15.2. The van der Waals surface area contributed by atoms with Crippen molar-refractivity contribution in [2.24, 2.45) is 0 Å². The zero-order chi connectivity index (χ0) is 20.1. The second-order valence-corrected chi connectivity index (χ2v) is 8.69. The van der Waals surface area contributed by atoms with Crippen LogP contribution in [0.2, 0.25) is 0 Å². The van der Waals surface area contributed by atoms with Crippen LogP contribution in [0.15, 0.2) is 42.5 Å². The lowest BCUT2D eigenvalue weighted by Crippen LogP contribution is -2.36. The number of para-hydroxylation sites is 1. The Bertz CT molecular complexity index is 1020. The van der Waals surface area contributed by atoms with Gasteiger partial charge in [0.1, 0.15) is 0 Å². The summed E-state index contributed by atoms with van der Waals surface area (Å²) in [4.78, 5) is 9.65. The van der Waals surface area contributed by atoms with E-state index in [-0.39, 0.29) is 5.54 Å². The molecule has 0 atom stereocenters. The molecular weight excluding hydrogens is 344 g/mol. The molecule has 146 valence electrons. The number of likely N-dealkylation sites (N-methyl/N-ethyl adjacent to an activating group) is 1. The number of nitrogens with zero attached hydrogens (tertiary/aromatic N) is 3. The molecule has 3 aromatic rings. The van der Waals surface area contributed by atoms with Crippen molar-refractivity contribution < 1.29 is 0 Å². The first-order valence-electron chi connectivity index (χ1n) is 9.96. The molecule has 1 aromatic heterocycles. The van der Waals surface area contributed by atoms with Gasteiger partial charge in [0.25, 0.3) is 0 Å². The molecule has 1 saturated heterocycles. The van der Waals surface area contributed by atoms with E-state index in [1.807, 2.05) is 0 Å². The van der Waals surface area contributed by atoms with Gasteiger partial charge in [-0.2, -0.15) is 0 Å². The summed E-state index contributed by atoms with van der Waals surface area (Å²) in [6.45, 7) is 13.0. The van der Waals surface area contributed by atoms with Crippen molar-refractivity contribution >= 4 is 28.0 Å². The zero-order valence-electron chi connectivity index (χ0n) is 17.8. The van der Waals surface area contributed by atoms with Gasteiger partial charge in [-0.05, 0) is 77.1 Å². The van der Waals surface area contributed by atoms with Crippen LogP contribution in [0.25, 0.3) is 10.9 Å². The number of anilines is 3. The standard InChI is InChI=1S/C24H30N4/c1-16-8-7-9-21-22(16)25-18(3)17(2)23(21)26-19-10-12-20(13-11-19)28-14-24(4,5)27(6)15-28/h7-13H,14-15H2,1-6H3,(H,25,26). The summed E-state index contributed by atoms with van der Waals surface area (Å²) >= 11 is 0. The van der Waals surface area contributed by atoms with E-state index in [1.165, 1.54) is 22.2 Å². The molecule has 0 spiro atoms. The Morgan fingerprint density at radius 2 is 1.71 bits per heavy atom. The van der Waals surface area contributed by atoms with Crippen LogP contribution in [-0.4, -0.2) is 35.7 Å². The summed E-state index contributed by atoms with van der Waals surface area (Å²) in [5.41, 5.74) is 8.29. The Labute approximate surface area is 168 Å². The fourth-order valence-electron chi connectivity index (χ4n) is 3.96. The minimum absolute atomic E-state index is 0.208. The van der Waals surface area contributed by atoms with Crippen LogP contribution in [0.1, 0.15) is 30.7 Å². The fourth-order valence-corrected chi connectivity index (χ4v) is 3.96. The maximum atomic E-state index is 4.81. The van der Waals surface area contributed by atoms with Gasteiger partial charge in [0.2, 0.25) is 0 Å². The molecule has 1 aliphatic rings. The molecule has 0 aliphatic carbocycles. The van der Waals surface area contributed by atoms with Gasteiger partial charge in [0, 0.05) is 34.5 Å². The lowest BCUT2D eigenvalue weighted by Gasteiger charge is -2.24. The van der Waals surface area contributed by atoms with Gasteiger partial charge in [-0.3, -0.25) is 9.88 Å². The van der Waals surface area contributed by atoms with Crippen molar-refractivity contribution in [1.29, 1.82) is 0 Å². The second-order valence-electron chi connectivity index (χ2n) is 8.69. The molecule has 2 aromatic carbocycles. The number of nitrogens with one attached hydrogen (secondary N) is 1. The number of hydrogen-bond acceptors (Lipinski definition) is 4. The van der Waals surface area contributed by atoms with E-state index >= 15 is 0 Å². The van der Waals surface area contributed by atoms with Crippen molar-refractivity contribution in [3.8, 4) is 0 Å².